The second-order valence-corrected chi connectivity index (χ2v) is 3.74. The zero-order valence-corrected chi connectivity index (χ0v) is 9.83. The number of nitrogens with zero attached hydrogens (tertiary/aromatic N) is 2. The fourth-order valence-corrected chi connectivity index (χ4v) is 1.56. The van der Waals surface area contributed by atoms with Crippen molar-refractivity contribution in [2.45, 2.75) is 6.92 Å². The largest absolute Gasteiger partial charge is 0.508 e. The van der Waals surface area contributed by atoms with Gasteiger partial charge < -0.3 is 10.4 Å². The number of benzene rings is 1. The molecule has 0 saturated carbocycles. The molecule has 0 radical (unpaired) electrons. The fraction of sp³-hybridized carbons (Fsp3) is 0.167. The molecule has 1 aromatic carbocycles. The first-order valence-corrected chi connectivity index (χ1v) is 5.23. The van der Waals surface area contributed by atoms with Crippen molar-refractivity contribution in [3.8, 4) is 17.1 Å². The molecule has 1 heterocycles. The lowest BCUT2D eigenvalue weighted by Gasteiger charge is -2.07. The normalized spacial score (nSPS) is 10.4. The van der Waals surface area contributed by atoms with Crippen LogP contribution in [0.4, 0.5) is 14.6 Å². The van der Waals surface area contributed by atoms with Crippen LogP contribution in [0.2, 0.25) is 0 Å². The first-order chi connectivity index (χ1) is 8.51. The highest BCUT2D eigenvalue weighted by atomic mass is 19.1. The van der Waals surface area contributed by atoms with Gasteiger partial charge in [0.1, 0.15) is 11.6 Å². The second kappa shape index (κ2) is 4.56. The van der Waals surface area contributed by atoms with Crippen molar-refractivity contribution in [1.82, 2.24) is 9.97 Å². The van der Waals surface area contributed by atoms with E-state index in [2.05, 4.69) is 15.3 Å². The summed E-state index contributed by atoms with van der Waals surface area (Å²) in [7, 11) is 1.53. The predicted octanol–water partition coefficient (Wildman–Crippen LogP) is 2.48. The average molecular weight is 251 g/mol. The van der Waals surface area contributed by atoms with Crippen LogP contribution < -0.4 is 5.32 Å². The number of aromatic nitrogens is 2. The van der Waals surface area contributed by atoms with Crippen LogP contribution in [-0.4, -0.2) is 22.1 Å². The third-order valence-electron chi connectivity index (χ3n) is 2.39. The topological polar surface area (TPSA) is 58.0 Å². The summed E-state index contributed by atoms with van der Waals surface area (Å²) in [5, 5.41) is 11.9. The molecule has 0 aliphatic carbocycles. The maximum absolute atomic E-state index is 13.5. The highest BCUT2D eigenvalue weighted by Gasteiger charge is 2.12. The first-order valence-electron chi connectivity index (χ1n) is 5.23. The summed E-state index contributed by atoms with van der Waals surface area (Å²) in [6.07, 6.45) is 0. The molecule has 0 aliphatic heterocycles. The lowest BCUT2D eigenvalue weighted by Crippen LogP contribution is -2.03. The SMILES string of the molecule is CNc1nc(-c2cc(O)cc(F)c2)nc(C)c1F. The van der Waals surface area contributed by atoms with Crippen molar-refractivity contribution in [3.05, 3.63) is 35.5 Å². The first kappa shape index (κ1) is 12.2. The molecule has 2 aromatic rings. The third-order valence-corrected chi connectivity index (χ3v) is 2.39. The smallest absolute Gasteiger partial charge is 0.186 e. The molecule has 1 aromatic heterocycles. The van der Waals surface area contributed by atoms with Gasteiger partial charge in [0.2, 0.25) is 0 Å². The molecule has 6 heteroatoms. The number of nitrogens with one attached hydrogen (secondary N) is 1. The van der Waals surface area contributed by atoms with Crippen LogP contribution in [0.1, 0.15) is 5.69 Å². The Bertz CT molecular complexity index is 582. The minimum absolute atomic E-state index is 0.0289. The summed E-state index contributed by atoms with van der Waals surface area (Å²) in [5.74, 6) is -1.22. The van der Waals surface area contributed by atoms with Crippen LogP contribution in [0.15, 0.2) is 18.2 Å². The van der Waals surface area contributed by atoms with Gasteiger partial charge in [0.05, 0.1) is 5.69 Å². The maximum atomic E-state index is 13.5. The van der Waals surface area contributed by atoms with E-state index < -0.39 is 11.6 Å². The third kappa shape index (κ3) is 2.22. The molecular formula is C12H11F2N3O. The summed E-state index contributed by atoms with van der Waals surface area (Å²) >= 11 is 0. The summed E-state index contributed by atoms with van der Waals surface area (Å²) in [6, 6.07) is 3.46. The molecule has 18 heavy (non-hydrogen) atoms. The number of hydrogen-bond donors (Lipinski definition) is 2. The van der Waals surface area contributed by atoms with Gasteiger partial charge in [-0.25, -0.2) is 18.7 Å². The Morgan fingerprint density at radius 2 is 1.89 bits per heavy atom. The number of phenolic OH excluding ortho intramolecular Hbond substituents is 1. The van der Waals surface area contributed by atoms with Gasteiger partial charge >= 0.3 is 0 Å². The lowest BCUT2D eigenvalue weighted by atomic mass is 10.2. The summed E-state index contributed by atoms with van der Waals surface area (Å²) in [6.45, 7) is 1.49. The molecule has 0 saturated heterocycles. The van der Waals surface area contributed by atoms with Gasteiger partial charge in [0.25, 0.3) is 0 Å². The molecule has 0 aliphatic rings. The second-order valence-electron chi connectivity index (χ2n) is 3.74. The number of rotatable bonds is 2. The van der Waals surface area contributed by atoms with Crippen molar-refractivity contribution in [1.29, 1.82) is 0 Å². The Morgan fingerprint density at radius 3 is 2.50 bits per heavy atom. The molecular weight excluding hydrogens is 240 g/mol. The van der Waals surface area contributed by atoms with Gasteiger partial charge in [0.15, 0.2) is 17.5 Å². The predicted molar refractivity (Wildman–Crippen MR) is 63.3 cm³/mol. The Balaban J connectivity index is 2.60. The highest BCUT2D eigenvalue weighted by Crippen LogP contribution is 2.24. The van der Waals surface area contributed by atoms with E-state index in [0.29, 0.717) is 0 Å². The molecule has 94 valence electrons. The van der Waals surface area contributed by atoms with Gasteiger partial charge in [-0.15, -0.1) is 0 Å². The Labute approximate surface area is 102 Å². The number of aromatic hydroxyl groups is 1. The van der Waals surface area contributed by atoms with Crippen molar-refractivity contribution in [2.75, 3.05) is 12.4 Å². The number of anilines is 1. The van der Waals surface area contributed by atoms with Gasteiger partial charge in [-0.1, -0.05) is 0 Å². The summed E-state index contributed by atoms with van der Waals surface area (Å²) in [5.41, 5.74) is 0.431. The fourth-order valence-electron chi connectivity index (χ4n) is 1.56. The highest BCUT2D eigenvalue weighted by molar-refractivity contribution is 5.60. The zero-order valence-electron chi connectivity index (χ0n) is 9.83. The molecule has 0 spiro atoms. The van der Waals surface area contributed by atoms with Crippen LogP contribution >= 0.6 is 0 Å². The van der Waals surface area contributed by atoms with Crippen LogP contribution in [-0.2, 0) is 0 Å². The Kier molecular flexibility index (Phi) is 3.10. The quantitative estimate of drug-likeness (QED) is 0.860. The average Bonchev–Trinajstić information content (AvgIpc) is 2.31. The molecule has 0 bridgehead atoms. The van der Waals surface area contributed by atoms with E-state index in [1.807, 2.05) is 0 Å². The van der Waals surface area contributed by atoms with Gasteiger partial charge in [-0.3, -0.25) is 0 Å². The van der Waals surface area contributed by atoms with Crippen LogP contribution in [0.25, 0.3) is 11.4 Å². The minimum atomic E-state index is -0.610. The molecule has 0 fully saturated rings. The van der Waals surface area contributed by atoms with E-state index >= 15 is 0 Å². The Hall–Kier alpha value is -2.24. The molecule has 0 amide bonds. The van der Waals surface area contributed by atoms with E-state index in [-0.39, 0.29) is 28.6 Å². The van der Waals surface area contributed by atoms with Crippen LogP contribution in [0.3, 0.4) is 0 Å². The molecule has 0 unspecified atom stereocenters. The number of hydrogen-bond acceptors (Lipinski definition) is 4. The summed E-state index contributed by atoms with van der Waals surface area (Å²) in [4.78, 5) is 7.86. The number of phenols is 1. The number of halogens is 2. The van der Waals surface area contributed by atoms with E-state index in [0.717, 1.165) is 6.07 Å². The van der Waals surface area contributed by atoms with Crippen molar-refractivity contribution < 1.29 is 13.9 Å². The monoisotopic (exact) mass is 251 g/mol. The van der Waals surface area contributed by atoms with Gasteiger partial charge in [0, 0.05) is 18.7 Å². The molecule has 2 N–H and O–H groups in total. The summed E-state index contributed by atoms with van der Waals surface area (Å²) < 4.78 is 26.7. The Morgan fingerprint density at radius 1 is 1.17 bits per heavy atom. The maximum Gasteiger partial charge on any atom is 0.186 e. The molecule has 4 nitrogen and oxygen atoms in total. The molecule has 0 atom stereocenters. The van der Waals surface area contributed by atoms with Gasteiger partial charge in [-0.2, -0.15) is 0 Å². The zero-order chi connectivity index (χ0) is 13.3. The minimum Gasteiger partial charge on any atom is -0.508 e. The van der Waals surface area contributed by atoms with Crippen LogP contribution in [0.5, 0.6) is 5.75 Å². The van der Waals surface area contributed by atoms with Crippen molar-refractivity contribution in [2.24, 2.45) is 0 Å². The number of aryl methyl sites for hydroxylation is 1. The molecule has 2 rings (SSSR count). The van der Waals surface area contributed by atoms with E-state index in [9.17, 15) is 13.9 Å². The van der Waals surface area contributed by atoms with Crippen molar-refractivity contribution in [3.63, 3.8) is 0 Å². The van der Waals surface area contributed by atoms with E-state index in [4.69, 9.17) is 0 Å². The van der Waals surface area contributed by atoms with Crippen LogP contribution in [0, 0.1) is 18.6 Å². The standard InChI is InChI=1S/C12H11F2N3O/c1-6-10(14)12(15-2)17-11(16-6)7-3-8(13)5-9(18)4-7/h3-5,18H,1-2H3,(H,15,16,17). The van der Waals surface area contributed by atoms with Crippen molar-refractivity contribution >= 4 is 5.82 Å². The lowest BCUT2D eigenvalue weighted by molar-refractivity contribution is 0.469. The van der Waals surface area contributed by atoms with E-state index in [1.54, 1.807) is 0 Å². The van der Waals surface area contributed by atoms with E-state index in [1.165, 1.54) is 26.1 Å². The van der Waals surface area contributed by atoms with Gasteiger partial charge in [-0.05, 0) is 19.1 Å².